The summed E-state index contributed by atoms with van der Waals surface area (Å²) in [6.07, 6.45) is -3.25. The first-order valence-corrected chi connectivity index (χ1v) is 29.7. The fourth-order valence-electron chi connectivity index (χ4n) is 9.74. The van der Waals surface area contributed by atoms with E-state index < -0.39 is 175 Å². The molecule has 29 nitrogen and oxygen atoms in total. The van der Waals surface area contributed by atoms with Crippen molar-refractivity contribution in [2.24, 2.45) is 23.3 Å². The topological polar surface area (TPSA) is 478 Å². The number of phenols is 3. The number of rotatable bonds is 35. The molecule has 1 fully saturated rings. The Morgan fingerprint density at radius 1 is 0.511 bits per heavy atom. The van der Waals surface area contributed by atoms with E-state index in [0.29, 0.717) is 23.1 Å². The van der Waals surface area contributed by atoms with Crippen molar-refractivity contribution in [3.8, 4) is 17.2 Å². The van der Waals surface area contributed by atoms with Crippen LogP contribution in [0.1, 0.15) is 110 Å². The van der Waals surface area contributed by atoms with Crippen molar-refractivity contribution >= 4 is 71.0 Å². The molecule has 1 aliphatic heterocycles. The zero-order chi connectivity index (χ0) is 67.1. The van der Waals surface area contributed by atoms with Crippen LogP contribution in [0.3, 0.4) is 0 Å². The van der Waals surface area contributed by atoms with E-state index in [1.54, 1.807) is 39.8 Å². The second-order valence-corrected chi connectivity index (χ2v) is 22.6. The highest BCUT2D eigenvalue weighted by Gasteiger charge is 2.42. The lowest BCUT2D eigenvalue weighted by Crippen LogP contribution is -2.61. The third-order valence-corrected chi connectivity index (χ3v) is 15.5. The molecule has 1 aliphatic rings. The van der Waals surface area contributed by atoms with Gasteiger partial charge in [0, 0.05) is 32.2 Å². The summed E-state index contributed by atoms with van der Waals surface area (Å²) in [6.45, 7) is 9.03. The molecule has 90 heavy (non-hydrogen) atoms. The Balaban J connectivity index is 1.57. The minimum atomic E-state index is -1.70. The van der Waals surface area contributed by atoms with Crippen molar-refractivity contribution in [3.05, 3.63) is 89.5 Å². The summed E-state index contributed by atoms with van der Waals surface area (Å²) in [5.74, 6) is -13.4. The molecule has 0 unspecified atom stereocenters. The van der Waals surface area contributed by atoms with Crippen LogP contribution in [0.25, 0.3) is 0 Å². The molecule has 0 aliphatic carbocycles. The van der Waals surface area contributed by atoms with Crippen LogP contribution < -0.4 is 54.0 Å². The number of aliphatic hydroxyl groups excluding tert-OH is 1. The number of likely N-dealkylation sites (tertiary alicyclic amines) is 1. The van der Waals surface area contributed by atoms with Crippen LogP contribution in [0.5, 0.6) is 17.2 Å². The average Bonchev–Trinajstić information content (AvgIpc) is 2.08. The number of carboxylic acid groups (broad SMARTS) is 2. The fourth-order valence-corrected chi connectivity index (χ4v) is 9.74. The van der Waals surface area contributed by atoms with Gasteiger partial charge in [0.1, 0.15) is 71.6 Å². The molecule has 3 aromatic carbocycles. The molecular formula is C61H85N11O18. The SMILES string of the molecule is CC[C@H](C)[C@H](NC(=O)[C@@H](NC(=O)[C@H](C)NC(=O)[C@H](Cc1ccc(O)cc1)NC(=O)[C@@H](NC(=O)[C@@H]1CCCN1C(=O)[C@H](CCC(N)=O)NC(=O)[C@H](CCC(=O)O)NC(=O)[C@H](Cc1ccc(O)cc1)NC(=O)[C@@H](N)Cc1ccc(O)cc1)[C@@H](C)CC)[C@@H](C)O)C(=O)O. The Bertz CT molecular complexity index is 3000. The number of nitrogens with zero attached hydrogens (tertiary/aromatic N) is 1. The van der Waals surface area contributed by atoms with Crippen LogP contribution in [0.2, 0.25) is 0 Å². The normalized spacial score (nSPS) is 16.8. The fraction of sp³-hybridized carbons (Fsp3) is 0.508. The van der Waals surface area contributed by atoms with Gasteiger partial charge in [-0.2, -0.15) is 0 Å². The summed E-state index contributed by atoms with van der Waals surface area (Å²) in [5, 5.41) is 79.6. The van der Waals surface area contributed by atoms with E-state index in [9.17, 15) is 88.2 Å². The molecule has 0 aromatic heterocycles. The smallest absolute Gasteiger partial charge is 0.326 e. The predicted molar refractivity (Wildman–Crippen MR) is 323 cm³/mol. The predicted octanol–water partition coefficient (Wildman–Crippen LogP) is -1.26. The van der Waals surface area contributed by atoms with E-state index >= 15 is 0 Å². The lowest BCUT2D eigenvalue weighted by Gasteiger charge is -2.32. The van der Waals surface area contributed by atoms with Gasteiger partial charge in [0.2, 0.25) is 59.1 Å². The molecule has 1 heterocycles. The van der Waals surface area contributed by atoms with Crippen LogP contribution in [-0.2, 0) is 76.8 Å². The Morgan fingerprint density at radius 2 is 0.933 bits per heavy atom. The number of carbonyl (C=O) groups excluding carboxylic acids is 10. The maximum absolute atomic E-state index is 14.7. The molecule has 0 spiro atoms. The summed E-state index contributed by atoms with van der Waals surface area (Å²) >= 11 is 0. The number of nitrogens with one attached hydrogen (secondary N) is 8. The number of hydrogen-bond donors (Lipinski definition) is 16. The molecule has 0 saturated carbocycles. The van der Waals surface area contributed by atoms with Crippen LogP contribution in [0.15, 0.2) is 72.8 Å². The monoisotopic (exact) mass is 1260 g/mol. The zero-order valence-electron chi connectivity index (χ0n) is 51.1. The Hall–Kier alpha value is -9.38. The molecule has 3 aromatic rings. The highest BCUT2D eigenvalue weighted by Crippen LogP contribution is 2.23. The van der Waals surface area contributed by atoms with Crippen molar-refractivity contribution in [3.63, 3.8) is 0 Å². The minimum Gasteiger partial charge on any atom is -0.508 e. The van der Waals surface area contributed by atoms with Gasteiger partial charge in [-0.25, -0.2) is 4.79 Å². The molecule has 13 atom stereocenters. The third-order valence-electron chi connectivity index (χ3n) is 15.5. The average molecular weight is 1260 g/mol. The minimum absolute atomic E-state index is 0.0221. The van der Waals surface area contributed by atoms with E-state index in [0.717, 1.165) is 4.90 Å². The largest absolute Gasteiger partial charge is 0.508 e. The third kappa shape index (κ3) is 22.6. The van der Waals surface area contributed by atoms with Gasteiger partial charge in [-0.1, -0.05) is 76.9 Å². The van der Waals surface area contributed by atoms with Crippen molar-refractivity contribution in [1.29, 1.82) is 0 Å². The molecule has 0 bridgehead atoms. The highest BCUT2D eigenvalue weighted by atomic mass is 16.4. The number of benzene rings is 3. The van der Waals surface area contributed by atoms with Gasteiger partial charge >= 0.3 is 11.9 Å². The quantitative estimate of drug-likeness (QED) is 0.0327. The number of hydrogen-bond acceptors (Lipinski definition) is 17. The van der Waals surface area contributed by atoms with Gasteiger partial charge in [-0.3, -0.25) is 52.7 Å². The second-order valence-electron chi connectivity index (χ2n) is 22.6. The van der Waals surface area contributed by atoms with Crippen molar-refractivity contribution in [2.45, 2.75) is 179 Å². The number of aliphatic carboxylic acids is 2. The number of carboxylic acids is 2. The summed E-state index contributed by atoms with van der Waals surface area (Å²) in [4.78, 5) is 164. The van der Waals surface area contributed by atoms with Crippen molar-refractivity contribution in [2.75, 3.05) is 6.54 Å². The zero-order valence-corrected chi connectivity index (χ0v) is 51.1. The molecule has 18 N–H and O–H groups in total. The van der Waals surface area contributed by atoms with E-state index in [2.05, 4.69) is 42.5 Å². The Morgan fingerprint density at radius 3 is 1.41 bits per heavy atom. The Labute approximate surface area is 520 Å². The first kappa shape index (κ1) is 73.1. The van der Waals surface area contributed by atoms with Crippen LogP contribution in [0, 0.1) is 11.8 Å². The molecule has 29 heteroatoms. The first-order valence-electron chi connectivity index (χ1n) is 29.7. The molecule has 1 saturated heterocycles. The summed E-state index contributed by atoms with van der Waals surface area (Å²) in [5.41, 5.74) is 13.2. The van der Waals surface area contributed by atoms with E-state index in [4.69, 9.17) is 11.5 Å². The molecular weight excluding hydrogens is 1170 g/mol. The van der Waals surface area contributed by atoms with Crippen LogP contribution in [-0.4, -0.2) is 180 Å². The highest BCUT2D eigenvalue weighted by molar-refractivity contribution is 5.99. The molecule has 10 amide bonds. The van der Waals surface area contributed by atoms with Gasteiger partial charge in [0.15, 0.2) is 0 Å². The maximum Gasteiger partial charge on any atom is 0.326 e. The molecule has 4 rings (SSSR count). The number of amides is 10. The van der Waals surface area contributed by atoms with Crippen molar-refractivity contribution in [1.82, 2.24) is 47.4 Å². The van der Waals surface area contributed by atoms with Gasteiger partial charge in [-0.05, 0) is 111 Å². The van der Waals surface area contributed by atoms with E-state index in [-0.39, 0.29) is 62.3 Å². The van der Waals surface area contributed by atoms with Crippen LogP contribution >= 0.6 is 0 Å². The summed E-state index contributed by atoms with van der Waals surface area (Å²) < 4.78 is 0. The van der Waals surface area contributed by atoms with Gasteiger partial charge in [0.05, 0.1) is 12.1 Å². The molecule has 0 radical (unpaired) electrons. The second kappa shape index (κ2) is 35.0. The summed E-state index contributed by atoms with van der Waals surface area (Å²) in [7, 11) is 0. The van der Waals surface area contributed by atoms with E-state index in [1.807, 2.05) is 0 Å². The number of aromatic hydroxyl groups is 3. The summed E-state index contributed by atoms with van der Waals surface area (Å²) in [6, 6.07) is 2.43. The van der Waals surface area contributed by atoms with Crippen molar-refractivity contribution < 1.29 is 88.2 Å². The van der Waals surface area contributed by atoms with Crippen LogP contribution in [0.4, 0.5) is 0 Å². The number of aliphatic hydroxyl groups is 1. The Kier molecular flexibility index (Phi) is 28.4. The number of phenolic OH excluding ortho intramolecular Hbond substituents is 3. The number of primary amides is 1. The first-order chi connectivity index (χ1) is 42.4. The lowest BCUT2D eigenvalue weighted by molar-refractivity contribution is -0.144. The van der Waals surface area contributed by atoms with Gasteiger partial charge < -0.3 is 89.5 Å². The van der Waals surface area contributed by atoms with Gasteiger partial charge in [-0.15, -0.1) is 0 Å². The van der Waals surface area contributed by atoms with Gasteiger partial charge in [0.25, 0.3) is 0 Å². The van der Waals surface area contributed by atoms with E-state index in [1.165, 1.54) is 74.5 Å². The standard InChI is InChI=1S/C61H85N11O18/c1-7-31(3)49(58(86)68-44(29-36-13-19-39(75)20-14-36)55(83)64-33(5)52(80)71-51(34(6)73)59(87)70-50(61(89)90)32(4)8-2)69-57(85)46-10-9-27-72(46)60(88)43(23-25-47(63)77)66-54(82)42(24-26-48(78)79)65-56(84)45(30-37-15-21-40(76)22-16-37)67-53(81)41(62)28-35-11-17-38(74)18-12-35/h11-22,31-34,41-46,49-51,73-76H,7-10,23-30,62H2,1-6H3,(H2,63,77)(H,64,83)(H,65,84)(H,66,82)(H,67,81)(H,68,86)(H,69,85)(H,70,87)(H,71,80)(H,78,79)(H,89,90)/t31-,32-,33-,34+,41-,42-,43-,44-,45-,46-,49-,50-,51-/m0/s1. The number of carbonyl (C=O) groups is 12. The maximum atomic E-state index is 14.7. The molecule has 492 valence electrons. The lowest BCUT2D eigenvalue weighted by atomic mass is 9.96. The number of nitrogens with two attached hydrogens (primary N) is 2.